The van der Waals surface area contributed by atoms with Gasteiger partial charge >= 0.3 is 5.97 Å². The van der Waals surface area contributed by atoms with E-state index in [0.717, 1.165) is 5.04 Å². The summed E-state index contributed by atoms with van der Waals surface area (Å²) in [6, 6.07) is 5.69. The molecular weight excluding hydrogens is 280 g/mol. The quantitative estimate of drug-likeness (QED) is 0.767. The highest BCUT2D eigenvalue weighted by molar-refractivity contribution is 8.14. The maximum atomic E-state index is 12.0. The molecular formula is C13H10N2O4S. The van der Waals surface area contributed by atoms with Crippen LogP contribution in [0.15, 0.2) is 29.3 Å². The summed E-state index contributed by atoms with van der Waals surface area (Å²) in [6.45, 7) is 1.79. The van der Waals surface area contributed by atoms with Crippen molar-refractivity contribution in [2.75, 3.05) is 5.75 Å². The minimum absolute atomic E-state index is 0.241. The van der Waals surface area contributed by atoms with Crippen molar-refractivity contribution in [3.05, 3.63) is 35.4 Å². The van der Waals surface area contributed by atoms with Crippen LogP contribution in [0.5, 0.6) is 0 Å². The number of hydroxylamine groups is 2. The number of aliphatic imine (C=N–C) groups is 1. The molecule has 0 saturated carbocycles. The van der Waals surface area contributed by atoms with E-state index in [9.17, 15) is 14.4 Å². The first-order valence-electron chi connectivity index (χ1n) is 5.95. The normalized spacial score (nSPS) is 20.9. The van der Waals surface area contributed by atoms with Gasteiger partial charge in [-0.1, -0.05) is 17.2 Å². The Morgan fingerprint density at radius 2 is 1.90 bits per heavy atom. The Kier molecular flexibility index (Phi) is 3.06. The van der Waals surface area contributed by atoms with E-state index in [1.807, 2.05) is 0 Å². The third kappa shape index (κ3) is 2.00. The van der Waals surface area contributed by atoms with Crippen LogP contribution in [0.3, 0.4) is 0 Å². The van der Waals surface area contributed by atoms with Gasteiger partial charge in [-0.15, -0.1) is 11.8 Å². The Balaban J connectivity index is 1.79. The zero-order valence-corrected chi connectivity index (χ0v) is 11.3. The average Bonchev–Trinajstić information content (AvgIpc) is 2.98. The van der Waals surface area contributed by atoms with E-state index >= 15 is 0 Å². The molecule has 2 aliphatic rings. The van der Waals surface area contributed by atoms with Crippen LogP contribution in [0.2, 0.25) is 0 Å². The summed E-state index contributed by atoms with van der Waals surface area (Å²) >= 11 is 1.44. The smallest absolute Gasteiger partial charge is 0.327 e. The van der Waals surface area contributed by atoms with E-state index in [1.165, 1.54) is 23.9 Å². The number of amides is 2. The summed E-state index contributed by atoms with van der Waals surface area (Å²) in [5.41, 5.74) is 0.483. The molecule has 1 aromatic rings. The molecule has 3 rings (SSSR count). The number of hydrogen-bond donors (Lipinski definition) is 0. The van der Waals surface area contributed by atoms with Crippen molar-refractivity contribution in [2.24, 2.45) is 4.99 Å². The van der Waals surface area contributed by atoms with Crippen LogP contribution in [-0.4, -0.2) is 39.7 Å². The van der Waals surface area contributed by atoms with Crippen LogP contribution in [0.1, 0.15) is 27.6 Å². The van der Waals surface area contributed by atoms with Crippen LogP contribution < -0.4 is 0 Å². The molecule has 0 fully saturated rings. The van der Waals surface area contributed by atoms with Crippen molar-refractivity contribution < 1.29 is 19.2 Å². The third-order valence-electron chi connectivity index (χ3n) is 3.00. The summed E-state index contributed by atoms with van der Waals surface area (Å²) < 4.78 is 0. The highest BCUT2D eigenvalue weighted by atomic mass is 32.2. The van der Waals surface area contributed by atoms with Gasteiger partial charge in [0.1, 0.15) is 0 Å². The van der Waals surface area contributed by atoms with Gasteiger partial charge < -0.3 is 4.84 Å². The first kappa shape index (κ1) is 12.9. The standard InChI is InChI=1S/C13H10N2O4S/c1-7-14-10(6-20-7)13(18)19-15-11(16)8-4-2-3-5-9(8)12(15)17/h2-5,10H,6H2,1H3. The van der Waals surface area contributed by atoms with Crippen LogP contribution in [0, 0.1) is 0 Å². The van der Waals surface area contributed by atoms with Crippen LogP contribution in [0.4, 0.5) is 0 Å². The maximum absolute atomic E-state index is 12.0. The van der Waals surface area contributed by atoms with Crippen LogP contribution in [-0.2, 0) is 9.63 Å². The highest BCUT2D eigenvalue weighted by Gasteiger charge is 2.40. The first-order chi connectivity index (χ1) is 9.58. The molecule has 0 spiro atoms. The van der Waals surface area contributed by atoms with Gasteiger partial charge in [0.05, 0.1) is 16.2 Å². The van der Waals surface area contributed by atoms with E-state index < -0.39 is 23.8 Å². The number of fused-ring (bicyclic) bond motifs is 1. The average molecular weight is 290 g/mol. The summed E-state index contributed by atoms with van der Waals surface area (Å²) in [5.74, 6) is -1.46. The van der Waals surface area contributed by atoms with Gasteiger partial charge in [0.2, 0.25) is 0 Å². The number of nitrogens with zero attached hydrogens (tertiary/aromatic N) is 2. The largest absolute Gasteiger partial charge is 0.358 e. The van der Waals surface area contributed by atoms with Crippen molar-refractivity contribution in [1.29, 1.82) is 0 Å². The lowest BCUT2D eigenvalue weighted by molar-refractivity contribution is -0.169. The molecule has 0 N–H and O–H groups in total. The molecule has 2 heterocycles. The molecule has 20 heavy (non-hydrogen) atoms. The Morgan fingerprint density at radius 3 is 2.40 bits per heavy atom. The second-order valence-electron chi connectivity index (χ2n) is 4.34. The number of thioether (sulfide) groups is 1. The van der Waals surface area contributed by atoms with Crippen molar-refractivity contribution in [3.63, 3.8) is 0 Å². The van der Waals surface area contributed by atoms with Gasteiger partial charge in [0.15, 0.2) is 6.04 Å². The van der Waals surface area contributed by atoms with Gasteiger partial charge in [-0.05, 0) is 19.1 Å². The fourth-order valence-electron chi connectivity index (χ4n) is 2.02. The topological polar surface area (TPSA) is 76.0 Å². The van der Waals surface area contributed by atoms with E-state index in [-0.39, 0.29) is 11.1 Å². The number of imide groups is 1. The Bertz CT molecular complexity index is 621. The number of rotatable bonds is 2. The zero-order chi connectivity index (χ0) is 14.3. The molecule has 1 aromatic carbocycles. The molecule has 7 heteroatoms. The SMILES string of the molecule is CC1=NC(C(=O)ON2C(=O)c3ccccc3C2=O)CS1. The molecule has 0 aromatic heterocycles. The minimum atomic E-state index is -0.691. The molecule has 0 saturated heterocycles. The van der Waals surface area contributed by atoms with E-state index in [2.05, 4.69) is 4.99 Å². The van der Waals surface area contributed by atoms with Gasteiger partial charge in [-0.3, -0.25) is 14.6 Å². The monoisotopic (exact) mass is 290 g/mol. The van der Waals surface area contributed by atoms with E-state index in [1.54, 1.807) is 19.1 Å². The van der Waals surface area contributed by atoms with Gasteiger partial charge in [-0.2, -0.15) is 0 Å². The summed E-state index contributed by atoms with van der Waals surface area (Å²) in [4.78, 5) is 44.9. The lowest BCUT2D eigenvalue weighted by atomic mass is 10.1. The van der Waals surface area contributed by atoms with E-state index in [4.69, 9.17) is 4.84 Å². The van der Waals surface area contributed by atoms with Crippen molar-refractivity contribution in [3.8, 4) is 0 Å². The van der Waals surface area contributed by atoms with E-state index in [0.29, 0.717) is 10.8 Å². The molecule has 1 atom stereocenters. The molecule has 0 radical (unpaired) electrons. The molecule has 102 valence electrons. The predicted octanol–water partition coefficient (Wildman–Crippen LogP) is 1.27. The molecule has 0 bridgehead atoms. The van der Waals surface area contributed by atoms with Crippen molar-refractivity contribution >= 4 is 34.6 Å². The second kappa shape index (κ2) is 4.75. The maximum Gasteiger partial charge on any atom is 0.358 e. The van der Waals surface area contributed by atoms with Crippen LogP contribution in [0.25, 0.3) is 0 Å². The lowest BCUT2D eigenvalue weighted by Gasteiger charge is -2.14. The second-order valence-corrected chi connectivity index (χ2v) is 5.55. The molecule has 2 amide bonds. The predicted molar refractivity (Wildman–Crippen MR) is 72.4 cm³/mol. The molecule has 2 aliphatic heterocycles. The molecule has 0 aliphatic carbocycles. The first-order valence-corrected chi connectivity index (χ1v) is 6.93. The Hall–Kier alpha value is -2.15. The zero-order valence-electron chi connectivity index (χ0n) is 10.5. The fraction of sp³-hybridized carbons (Fsp3) is 0.231. The van der Waals surface area contributed by atoms with Gasteiger partial charge in [0.25, 0.3) is 11.8 Å². The van der Waals surface area contributed by atoms with Gasteiger partial charge in [-0.25, -0.2) is 4.79 Å². The minimum Gasteiger partial charge on any atom is -0.327 e. The van der Waals surface area contributed by atoms with Crippen molar-refractivity contribution in [2.45, 2.75) is 13.0 Å². The fourth-order valence-corrected chi connectivity index (χ4v) is 2.83. The summed E-state index contributed by atoms with van der Waals surface area (Å²) in [6.07, 6.45) is 0. The number of carbonyl (C=O) groups is 3. The Morgan fingerprint density at radius 1 is 1.30 bits per heavy atom. The number of carbonyl (C=O) groups excluding carboxylic acids is 3. The van der Waals surface area contributed by atoms with Gasteiger partial charge in [0, 0.05) is 5.75 Å². The van der Waals surface area contributed by atoms with Crippen LogP contribution >= 0.6 is 11.8 Å². The summed E-state index contributed by atoms with van der Waals surface area (Å²) in [7, 11) is 0. The summed E-state index contributed by atoms with van der Waals surface area (Å²) in [5, 5.41) is 1.30. The van der Waals surface area contributed by atoms with Crippen molar-refractivity contribution in [1.82, 2.24) is 5.06 Å². The molecule has 1 unspecified atom stereocenters. The third-order valence-corrected chi connectivity index (χ3v) is 4.00. The molecule has 6 nitrogen and oxygen atoms in total. The Labute approximate surface area is 118 Å². The highest BCUT2D eigenvalue weighted by Crippen LogP contribution is 2.24. The number of benzene rings is 1. The lowest BCUT2D eigenvalue weighted by Crippen LogP contribution is -2.36. The number of hydrogen-bond acceptors (Lipinski definition) is 6.